The highest BCUT2D eigenvalue weighted by atomic mass is 16.5. The number of furan rings is 1. The maximum absolute atomic E-state index is 6.10. The Labute approximate surface area is 189 Å². The summed E-state index contributed by atoms with van der Waals surface area (Å²) >= 11 is 0. The molecule has 0 spiro atoms. The second-order valence-electron chi connectivity index (χ2n) is 7.59. The number of guanidine groups is 1. The van der Waals surface area contributed by atoms with Gasteiger partial charge in [0.15, 0.2) is 17.5 Å². The van der Waals surface area contributed by atoms with Gasteiger partial charge < -0.3 is 24.9 Å². The lowest BCUT2D eigenvalue weighted by molar-refractivity contribution is 0.287. The van der Waals surface area contributed by atoms with Gasteiger partial charge in [0.2, 0.25) is 0 Å². The van der Waals surface area contributed by atoms with Gasteiger partial charge >= 0.3 is 0 Å². The lowest BCUT2D eigenvalue weighted by Crippen LogP contribution is -2.33. The van der Waals surface area contributed by atoms with Crippen molar-refractivity contribution in [2.24, 2.45) is 10.7 Å². The molecule has 3 rings (SSSR count). The van der Waals surface area contributed by atoms with Crippen molar-refractivity contribution < 1.29 is 13.9 Å². The molecule has 0 fully saturated rings. The molecule has 0 aliphatic carbocycles. The van der Waals surface area contributed by atoms with Crippen LogP contribution in [-0.2, 0) is 26.1 Å². The number of hydrogen-bond donors (Lipinski definition) is 2. The van der Waals surface area contributed by atoms with Gasteiger partial charge in [-0.3, -0.25) is 4.90 Å². The fourth-order valence-electron chi connectivity index (χ4n) is 3.48. The van der Waals surface area contributed by atoms with Crippen molar-refractivity contribution in [1.29, 1.82) is 0 Å². The molecule has 0 atom stereocenters. The number of hydrogen-bond acceptors (Lipinski definition) is 5. The highest BCUT2D eigenvalue weighted by Gasteiger charge is 2.08. The molecular formula is C25H32N4O3. The molecule has 2 aromatic carbocycles. The van der Waals surface area contributed by atoms with Crippen molar-refractivity contribution in [1.82, 2.24) is 10.2 Å². The van der Waals surface area contributed by atoms with E-state index < -0.39 is 0 Å². The van der Waals surface area contributed by atoms with Crippen LogP contribution in [0.25, 0.3) is 0 Å². The summed E-state index contributed by atoms with van der Waals surface area (Å²) in [5, 5.41) is 3.19. The highest BCUT2D eigenvalue weighted by Crippen LogP contribution is 2.27. The zero-order chi connectivity index (χ0) is 22.8. The van der Waals surface area contributed by atoms with Gasteiger partial charge in [-0.15, -0.1) is 0 Å². The molecule has 0 amide bonds. The third-order valence-corrected chi connectivity index (χ3v) is 5.15. The lowest BCUT2D eigenvalue weighted by atomic mass is 10.1. The van der Waals surface area contributed by atoms with Crippen molar-refractivity contribution in [2.45, 2.75) is 26.1 Å². The Hall–Kier alpha value is -3.45. The maximum atomic E-state index is 6.10. The predicted octanol–water partition coefficient (Wildman–Crippen LogP) is 3.58. The number of nitrogens with one attached hydrogen (secondary N) is 1. The van der Waals surface area contributed by atoms with Crippen LogP contribution in [0.3, 0.4) is 0 Å². The van der Waals surface area contributed by atoms with Crippen LogP contribution in [0.1, 0.15) is 22.5 Å². The summed E-state index contributed by atoms with van der Waals surface area (Å²) in [5.74, 6) is 2.83. The highest BCUT2D eigenvalue weighted by molar-refractivity contribution is 5.77. The normalized spacial score (nSPS) is 11.6. The molecule has 1 heterocycles. The van der Waals surface area contributed by atoms with E-state index in [-0.39, 0.29) is 0 Å². The molecular weight excluding hydrogens is 404 g/mol. The number of rotatable bonds is 11. The van der Waals surface area contributed by atoms with Crippen molar-refractivity contribution in [3.8, 4) is 11.5 Å². The average molecular weight is 437 g/mol. The monoisotopic (exact) mass is 436 g/mol. The number of benzene rings is 2. The second-order valence-corrected chi connectivity index (χ2v) is 7.59. The van der Waals surface area contributed by atoms with Gasteiger partial charge in [0.25, 0.3) is 0 Å². The van der Waals surface area contributed by atoms with E-state index in [1.165, 1.54) is 5.56 Å². The summed E-state index contributed by atoms with van der Waals surface area (Å²) in [6.07, 6.45) is 2.50. The molecule has 0 saturated heterocycles. The molecule has 32 heavy (non-hydrogen) atoms. The van der Waals surface area contributed by atoms with Crippen molar-refractivity contribution in [3.05, 3.63) is 83.3 Å². The first-order valence-corrected chi connectivity index (χ1v) is 10.6. The van der Waals surface area contributed by atoms with Crippen molar-refractivity contribution in [3.63, 3.8) is 0 Å². The van der Waals surface area contributed by atoms with Gasteiger partial charge in [-0.25, -0.2) is 4.99 Å². The maximum Gasteiger partial charge on any atom is 0.188 e. The van der Waals surface area contributed by atoms with Crippen LogP contribution in [-0.4, -0.2) is 38.7 Å². The van der Waals surface area contributed by atoms with E-state index in [9.17, 15) is 0 Å². The van der Waals surface area contributed by atoms with E-state index in [0.717, 1.165) is 47.9 Å². The molecule has 0 unspecified atom stereocenters. The van der Waals surface area contributed by atoms with E-state index in [2.05, 4.69) is 34.4 Å². The number of methoxy groups -OCH3 is 2. The van der Waals surface area contributed by atoms with Gasteiger partial charge in [0, 0.05) is 13.1 Å². The molecule has 7 heteroatoms. The average Bonchev–Trinajstić information content (AvgIpc) is 3.31. The SMILES string of the molecule is COc1ccc(CCNC(N)=NCc2ccccc2CN(C)Cc2ccco2)cc1OC. The quantitative estimate of drug-likeness (QED) is 0.353. The summed E-state index contributed by atoms with van der Waals surface area (Å²) in [7, 11) is 5.34. The fraction of sp³-hybridized carbons (Fsp3) is 0.320. The molecule has 0 radical (unpaired) electrons. The molecule has 3 aromatic rings. The molecule has 0 aliphatic heterocycles. The van der Waals surface area contributed by atoms with Gasteiger partial charge in [0.1, 0.15) is 5.76 Å². The Bertz CT molecular complexity index is 1000. The van der Waals surface area contributed by atoms with E-state index >= 15 is 0 Å². The zero-order valence-corrected chi connectivity index (χ0v) is 19.0. The largest absolute Gasteiger partial charge is 0.493 e. The van der Waals surface area contributed by atoms with Gasteiger partial charge in [-0.1, -0.05) is 30.3 Å². The topological polar surface area (TPSA) is 85.3 Å². The van der Waals surface area contributed by atoms with E-state index in [1.807, 2.05) is 42.5 Å². The van der Waals surface area contributed by atoms with E-state index in [4.69, 9.17) is 19.6 Å². The Balaban J connectivity index is 1.51. The van der Waals surface area contributed by atoms with Crippen LogP contribution in [0.4, 0.5) is 0 Å². The minimum absolute atomic E-state index is 0.434. The van der Waals surface area contributed by atoms with Gasteiger partial charge in [0.05, 0.1) is 33.6 Å². The molecule has 0 bridgehead atoms. The van der Waals surface area contributed by atoms with Crippen molar-refractivity contribution in [2.75, 3.05) is 27.8 Å². The van der Waals surface area contributed by atoms with Crippen LogP contribution in [0.15, 0.2) is 70.3 Å². The smallest absolute Gasteiger partial charge is 0.188 e. The van der Waals surface area contributed by atoms with Crippen LogP contribution in [0.2, 0.25) is 0 Å². The summed E-state index contributed by atoms with van der Waals surface area (Å²) in [6, 6.07) is 18.1. The first-order valence-electron chi connectivity index (χ1n) is 10.6. The Morgan fingerprint density at radius 1 is 1.00 bits per heavy atom. The minimum atomic E-state index is 0.434. The first kappa shape index (κ1) is 23.2. The summed E-state index contributed by atoms with van der Waals surface area (Å²) < 4.78 is 16.1. The molecule has 0 saturated carbocycles. The number of aliphatic imine (C=N–C) groups is 1. The van der Waals surface area contributed by atoms with Gasteiger partial charge in [-0.2, -0.15) is 0 Å². The van der Waals surface area contributed by atoms with Crippen LogP contribution in [0, 0.1) is 0 Å². The third-order valence-electron chi connectivity index (χ3n) is 5.15. The van der Waals surface area contributed by atoms with E-state index in [0.29, 0.717) is 19.0 Å². The second kappa shape index (κ2) is 11.8. The standard InChI is InChI=1S/C25H32N4O3/c1-29(18-22-9-6-14-32-22)17-21-8-5-4-7-20(21)16-28-25(26)27-13-12-19-10-11-23(30-2)24(15-19)31-3/h4-11,14-15H,12-13,16-18H2,1-3H3,(H3,26,27,28). The van der Waals surface area contributed by atoms with Gasteiger partial charge in [-0.05, 0) is 54.4 Å². The van der Waals surface area contributed by atoms with E-state index in [1.54, 1.807) is 20.5 Å². The Morgan fingerprint density at radius 2 is 1.78 bits per heavy atom. The molecule has 3 N–H and O–H groups in total. The third kappa shape index (κ3) is 6.78. The zero-order valence-electron chi connectivity index (χ0n) is 19.0. The summed E-state index contributed by atoms with van der Waals surface area (Å²) in [5.41, 5.74) is 9.61. The summed E-state index contributed by atoms with van der Waals surface area (Å²) in [6.45, 7) is 2.77. The first-order chi connectivity index (χ1) is 15.6. The van der Waals surface area contributed by atoms with Crippen LogP contribution >= 0.6 is 0 Å². The van der Waals surface area contributed by atoms with Crippen molar-refractivity contribution >= 4 is 5.96 Å². The number of ether oxygens (including phenoxy) is 2. The van der Waals surface area contributed by atoms with Crippen LogP contribution in [0.5, 0.6) is 11.5 Å². The Kier molecular flexibility index (Phi) is 8.57. The van der Waals surface area contributed by atoms with Crippen LogP contribution < -0.4 is 20.5 Å². The molecule has 170 valence electrons. The lowest BCUT2D eigenvalue weighted by Gasteiger charge is -2.17. The predicted molar refractivity (Wildman–Crippen MR) is 127 cm³/mol. The summed E-state index contributed by atoms with van der Waals surface area (Å²) in [4.78, 5) is 6.75. The number of nitrogens with two attached hydrogens (primary N) is 1. The fourth-order valence-corrected chi connectivity index (χ4v) is 3.48. The Morgan fingerprint density at radius 3 is 2.50 bits per heavy atom. The molecule has 1 aromatic heterocycles. The molecule has 7 nitrogen and oxygen atoms in total. The molecule has 0 aliphatic rings. The minimum Gasteiger partial charge on any atom is -0.493 e. The number of nitrogens with zero attached hydrogens (tertiary/aromatic N) is 2.